The minimum Gasteiger partial charge on any atom is -0.354 e. The van der Waals surface area contributed by atoms with Crippen LogP contribution in [0.5, 0.6) is 0 Å². The average Bonchev–Trinajstić information content (AvgIpc) is 2.65. The molecule has 4 rings (SSSR count). The Morgan fingerprint density at radius 3 is 2.52 bits per heavy atom. The number of fused-ring (bicyclic) bond motifs is 1. The monoisotopic (exact) mass is 375 g/mol. The smallest absolute Gasteiger partial charge is 0.161 e. The molecule has 0 aliphatic heterocycles. The molecular weight excluding hydrogens is 357 g/mol. The molecule has 134 valence electrons. The van der Waals surface area contributed by atoms with Crippen molar-refractivity contribution in [1.82, 2.24) is 9.97 Å². The summed E-state index contributed by atoms with van der Waals surface area (Å²) in [4.78, 5) is 10.9. The van der Waals surface area contributed by atoms with Crippen LogP contribution in [0.3, 0.4) is 0 Å². The van der Waals surface area contributed by atoms with E-state index in [0.29, 0.717) is 0 Å². The first kappa shape index (κ1) is 17.5. The minimum atomic E-state index is -0.229. The zero-order chi connectivity index (χ0) is 18.8. The number of hydrogen-bond acceptors (Lipinski definition) is 4. The van der Waals surface area contributed by atoms with Gasteiger partial charge in [0.2, 0.25) is 0 Å². The molecule has 2 aromatic carbocycles. The molecule has 0 atom stereocenters. The van der Waals surface area contributed by atoms with Crippen LogP contribution in [0.15, 0.2) is 76.7 Å². The number of anilines is 2. The van der Waals surface area contributed by atoms with Gasteiger partial charge in [-0.15, -0.1) is 0 Å². The maximum Gasteiger partial charge on any atom is 0.161 e. The minimum absolute atomic E-state index is 0.229. The Morgan fingerprint density at radius 1 is 0.889 bits per heavy atom. The summed E-state index contributed by atoms with van der Waals surface area (Å²) in [6.45, 7) is 4.02. The predicted molar refractivity (Wildman–Crippen MR) is 109 cm³/mol. The van der Waals surface area contributed by atoms with Gasteiger partial charge in [-0.1, -0.05) is 17.8 Å². The molecule has 0 aliphatic rings. The van der Waals surface area contributed by atoms with E-state index in [2.05, 4.69) is 40.4 Å². The number of aromatic nitrogens is 2. The summed E-state index contributed by atoms with van der Waals surface area (Å²) in [7, 11) is 0. The van der Waals surface area contributed by atoms with Crippen LogP contribution in [-0.2, 0) is 0 Å². The van der Waals surface area contributed by atoms with Gasteiger partial charge in [-0.3, -0.25) is 0 Å². The van der Waals surface area contributed by atoms with Crippen molar-refractivity contribution in [2.24, 2.45) is 0 Å². The average molecular weight is 375 g/mol. The molecule has 0 unspecified atom stereocenters. The van der Waals surface area contributed by atoms with E-state index in [1.807, 2.05) is 25.1 Å². The molecule has 2 aromatic heterocycles. The highest BCUT2D eigenvalue weighted by Gasteiger charge is 2.09. The lowest BCUT2D eigenvalue weighted by atomic mass is 10.2. The van der Waals surface area contributed by atoms with Gasteiger partial charge in [0.1, 0.15) is 5.82 Å². The molecular formula is C22H18FN3S. The molecule has 2 heterocycles. The third-order valence-corrected chi connectivity index (χ3v) is 5.27. The summed E-state index contributed by atoms with van der Waals surface area (Å²) in [5, 5.41) is 4.51. The largest absolute Gasteiger partial charge is 0.354 e. The highest BCUT2D eigenvalue weighted by molar-refractivity contribution is 7.99. The maximum atomic E-state index is 13.2. The molecule has 3 nitrogen and oxygen atoms in total. The Labute approximate surface area is 161 Å². The zero-order valence-corrected chi connectivity index (χ0v) is 15.8. The Morgan fingerprint density at radius 2 is 1.70 bits per heavy atom. The summed E-state index contributed by atoms with van der Waals surface area (Å²) < 4.78 is 13.2. The first-order valence-corrected chi connectivity index (χ1v) is 9.43. The van der Waals surface area contributed by atoms with Crippen molar-refractivity contribution in [1.29, 1.82) is 0 Å². The molecule has 0 spiro atoms. The number of hydrogen-bond donors (Lipinski definition) is 1. The fraction of sp³-hybridized carbons (Fsp3) is 0.0909. The fourth-order valence-electron chi connectivity index (χ4n) is 2.84. The van der Waals surface area contributed by atoms with Gasteiger partial charge in [0.05, 0.1) is 11.4 Å². The maximum absolute atomic E-state index is 13.2. The SMILES string of the molecule is Cc1ccc(Sc2ccc(F)cc2)c(Nc2ccnc3nc(C)ccc23)c1. The summed E-state index contributed by atoms with van der Waals surface area (Å²) in [6.07, 6.45) is 1.76. The topological polar surface area (TPSA) is 37.8 Å². The Balaban J connectivity index is 1.72. The Bertz CT molecular complexity index is 1110. The van der Waals surface area contributed by atoms with Gasteiger partial charge in [0.25, 0.3) is 0 Å². The van der Waals surface area contributed by atoms with Crippen molar-refractivity contribution in [3.05, 3.63) is 83.9 Å². The summed E-state index contributed by atoms with van der Waals surface area (Å²) in [5.74, 6) is -0.229. The molecule has 0 saturated heterocycles. The zero-order valence-electron chi connectivity index (χ0n) is 15.0. The number of aryl methyl sites for hydroxylation is 2. The normalized spacial score (nSPS) is 10.9. The van der Waals surface area contributed by atoms with Crippen LogP contribution in [0.1, 0.15) is 11.3 Å². The van der Waals surface area contributed by atoms with E-state index in [1.165, 1.54) is 12.1 Å². The molecule has 27 heavy (non-hydrogen) atoms. The molecule has 0 fully saturated rings. The van der Waals surface area contributed by atoms with Crippen molar-refractivity contribution in [3.63, 3.8) is 0 Å². The summed E-state index contributed by atoms with van der Waals surface area (Å²) in [5.41, 5.74) is 4.78. The van der Waals surface area contributed by atoms with E-state index in [1.54, 1.807) is 30.1 Å². The van der Waals surface area contributed by atoms with Gasteiger partial charge >= 0.3 is 0 Å². The number of pyridine rings is 2. The van der Waals surface area contributed by atoms with Crippen LogP contribution in [0, 0.1) is 19.7 Å². The van der Waals surface area contributed by atoms with E-state index < -0.39 is 0 Å². The van der Waals surface area contributed by atoms with E-state index >= 15 is 0 Å². The van der Waals surface area contributed by atoms with Crippen LogP contribution >= 0.6 is 11.8 Å². The van der Waals surface area contributed by atoms with Gasteiger partial charge in [-0.05, 0) is 74.0 Å². The van der Waals surface area contributed by atoms with Crippen LogP contribution in [-0.4, -0.2) is 9.97 Å². The quantitative estimate of drug-likeness (QED) is 0.455. The number of nitrogens with zero attached hydrogens (tertiary/aromatic N) is 2. The second-order valence-electron chi connectivity index (χ2n) is 6.36. The lowest BCUT2D eigenvalue weighted by Crippen LogP contribution is -1.96. The van der Waals surface area contributed by atoms with Gasteiger partial charge < -0.3 is 5.32 Å². The van der Waals surface area contributed by atoms with Crippen LogP contribution in [0.4, 0.5) is 15.8 Å². The van der Waals surface area contributed by atoms with Gasteiger partial charge in [-0.2, -0.15) is 0 Å². The molecule has 5 heteroatoms. The van der Waals surface area contributed by atoms with Crippen LogP contribution in [0.2, 0.25) is 0 Å². The fourth-order valence-corrected chi connectivity index (χ4v) is 3.72. The lowest BCUT2D eigenvalue weighted by Gasteiger charge is -2.14. The van der Waals surface area contributed by atoms with E-state index in [0.717, 1.165) is 43.5 Å². The van der Waals surface area contributed by atoms with Crippen molar-refractivity contribution >= 4 is 34.2 Å². The molecule has 0 bridgehead atoms. The standard InChI is InChI=1S/C22H18FN3S/c1-14-3-10-21(27-17-7-5-16(23)6-8-17)20(13-14)26-19-11-12-24-22-18(19)9-4-15(2)25-22/h3-13H,1-2H3,(H,24,25,26). The first-order chi connectivity index (χ1) is 13.1. The van der Waals surface area contributed by atoms with Crippen molar-refractivity contribution in [3.8, 4) is 0 Å². The highest BCUT2D eigenvalue weighted by Crippen LogP contribution is 2.36. The number of benzene rings is 2. The van der Waals surface area contributed by atoms with E-state index in [9.17, 15) is 4.39 Å². The van der Waals surface area contributed by atoms with Gasteiger partial charge in [0, 0.05) is 27.1 Å². The van der Waals surface area contributed by atoms with Gasteiger partial charge in [-0.25, -0.2) is 14.4 Å². The highest BCUT2D eigenvalue weighted by atomic mass is 32.2. The van der Waals surface area contributed by atoms with Crippen molar-refractivity contribution in [2.45, 2.75) is 23.6 Å². The Kier molecular flexibility index (Phi) is 4.77. The predicted octanol–water partition coefficient (Wildman–Crippen LogP) is 6.28. The molecule has 0 aliphatic carbocycles. The molecule has 0 radical (unpaired) electrons. The Hall–Kier alpha value is -2.92. The van der Waals surface area contributed by atoms with Crippen molar-refractivity contribution < 1.29 is 4.39 Å². The summed E-state index contributed by atoms with van der Waals surface area (Å²) >= 11 is 1.60. The lowest BCUT2D eigenvalue weighted by molar-refractivity contribution is 0.626. The van der Waals surface area contributed by atoms with E-state index in [-0.39, 0.29) is 5.82 Å². The number of rotatable bonds is 4. The van der Waals surface area contributed by atoms with E-state index in [4.69, 9.17) is 0 Å². The second-order valence-corrected chi connectivity index (χ2v) is 7.48. The molecule has 0 amide bonds. The van der Waals surface area contributed by atoms with Gasteiger partial charge in [0.15, 0.2) is 5.65 Å². The molecule has 1 N–H and O–H groups in total. The van der Waals surface area contributed by atoms with Crippen LogP contribution in [0.25, 0.3) is 11.0 Å². The first-order valence-electron chi connectivity index (χ1n) is 8.62. The molecule has 4 aromatic rings. The van der Waals surface area contributed by atoms with Crippen LogP contribution < -0.4 is 5.32 Å². The number of halogens is 1. The molecule has 0 saturated carbocycles. The second kappa shape index (κ2) is 7.37. The third-order valence-electron chi connectivity index (χ3n) is 4.19. The summed E-state index contributed by atoms with van der Waals surface area (Å²) in [6, 6.07) is 18.8. The van der Waals surface area contributed by atoms with Crippen molar-refractivity contribution in [2.75, 3.05) is 5.32 Å². The third kappa shape index (κ3) is 3.93. The number of nitrogens with one attached hydrogen (secondary N) is 1.